The van der Waals surface area contributed by atoms with Crippen LogP contribution in [-0.2, 0) is 10.5 Å². The van der Waals surface area contributed by atoms with Crippen molar-refractivity contribution in [2.45, 2.75) is 5.72 Å². The highest BCUT2D eigenvalue weighted by atomic mass is 16.5. The van der Waals surface area contributed by atoms with E-state index in [1.165, 1.54) is 0 Å². The van der Waals surface area contributed by atoms with Crippen LogP contribution in [0.15, 0.2) is 48.8 Å². The second kappa shape index (κ2) is 5.73. The highest BCUT2D eigenvalue weighted by Gasteiger charge is 2.41. The number of nitrogens with zero attached hydrogens (tertiary/aromatic N) is 3. The number of nitrogens with one attached hydrogen (secondary N) is 1. The number of H-pyrrole nitrogens is 1. The van der Waals surface area contributed by atoms with Crippen molar-refractivity contribution < 1.29 is 9.84 Å². The molecule has 3 heterocycles. The molecular formula is C17H18N4O2. The van der Waals surface area contributed by atoms with Gasteiger partial charge < -0.3 is 14.8 Å². The molecule has 6 nitrogen and oxygen atoms in total. The van der Waals surface area contributed by atoms with Crippen molar-refractivity contribution in [1.29, 1.82) is 0 Å². The van der Waals surface area contributed by atoms with Crippen LogP contribution in [0, 0.1) is 0 Å². The van der Waals surface area contributed by atoms with Crippen LogP contribution in [0.25, 0.3) is 11.0 Å². The van der Waals surface area contributed by atoms with Gasteiger partial charge in [0.2, 0.25) is 5.72 Å². The normalized spacial score (nSPS) is 18.8. The van der Waals surface area contributed by atoms with Gasteiger partial charge in [-0.3, -0.25) is 4.90 Å². The second-order valence-corrected chi connectivity index (χ2v) is 5.61. The molecule has 6 heteroatoms. The second-order valence-electron chi connectivity index (χ2n) is 5.61. The molecule has 2 N–H and O–H groups in total. The van der Waals surface area contributed by atoms with E-state index in [9.17, 15) is 5.11 Å². The molecule has 0 amide bonds. The first kappa shape index (κ1) is 14.3. The molecule has 1 saturated heterocycles. The maximum Gasteiger partial charge on any atom is 0.206 e. The van der Waals surface area contributed by atoms with Crippen LogP contribution in [0.1, 0.15) is 11.4 Å². The zero-order valence-corrected chi connectivity index (χ0v) is 12.6. The molecule has 0 radical (unpaired) electrons. The summed E-state index contributed by atoms with van der Waals surface area (Å²) in [7, 11) is 0. The Morgan fingerprint density at radius 2 is 1.91 bits per heavy atom. The van der Waals surface area contributed by atoms with Crippen molar-refractivity contribution in [3.63, 3.8) is 0 Å². The van der Waals surface area contributed by atoms with Crippen LogP contribution in [-0.4, -0.2) is 51.3 Å². The summed E-state index contributed by atoms with van der Waals surface area (Å²) in [5, 5.41) is 11.6. The predicted molar refractivity (Wildman–Crippen MR) is 85.7 cm³/mol. The molecule has 0 saturated carbocycles. The van der Waals surface area contributed by atoms with Crippen molar-refractivity contribution >= 4 is 11.0 Å². The van der Waals surface area contributed by atoms with E-state index >= 15 is 0 Å². The molecule has 1 aliphatic rings. The van der Waals surface area contributed by atoms with Gasteiger partial charge >= 0.3 is 0 Å². The number of ether oxygens (including phenoxy) is 1. The van der Waals surface area contributed by atoms with Crippen LogP contribution in [0.5, 0.6) is 0 Å². The zero-order chi connectivity index (χ0) is 15.7. The fraction of sp³-hybridized carbons (Fsp3) is 0.294. The lowest BCUT2D eigenvalue weighted by atomic mass is 9.99. The fourth-order valence-corrected chi connectivity index (χ4v) is 3.02. The number of hydrogen-bond acceptors (Lipinski definition) is 5. The third-order valence-corrected chi connectivity index (χ3v) is 4.26. The fourth-order valence-electron chi connectivity index (χ4n) is 3.02. The quantitative estimate of drug-likeness (QED) is 0.766. The summed E-state index contributed by atoms with van der Waals surface area (Å²) in [5.41, 5.74) is 1.04. The van der Waals surface area contributed by atoms with E-state index in [-0.39, 0.29) is 0 Å². The largest absolute Gasteiger partial charge is 0.379 e. The molecule has 0 bridgehead atoms. The van der Waals surface area contributed by atoms with Crippen molar-refractivity contribution in [1.82, 2.24) is 19.9 Å². The van der Waals surface area contributed by atoms with Crippen molar-refractivity contribution in [2.75, 3.05) is 26.3 Å². The summed E-state index contributed by atoms with van der Waals surface area (Å²) >= 11 is 0. The molecule has 0 aliphatic carbocycles. The van der Waals surface area contributed by atoms with Crippen molar-refractivity contribution in [3.05, 3.63) is 60.2 Å². The monoisotopic (exact) mass is 310 g/mol. The zero-order valence-electron chi connectivity index (χ0n) is 12.6. The van der Waals surface area contributed by atoms with Gasteiger partial charge in [0.05, 0.1) is 30.4 Å². The minimum Gasteiger partial charge on any atom is -0.379 e. The first-order chi connectivity index (χ1) is 11.3. The Morgan fingerprint density at radius 1 is 1.13 bits per heavy atom. The Labute approximate surface area is 133 Å². The maximum atomic E-state index is 11.6. The average molecular weight is 310 g/mol. The summed E-state index contributed by atoms with van der Waals surface area (Å²) in [6.45, 7) is 2.42. The highest BCUT2D eigenvalue weighted by molar-refractivity contribution is 5.73. The topological polar surface area (TPSA) is 74.3 Å². The molecule has 1 atom stereocenters. The van der Waals surface area contributed by atoms with Gasteiger partial charge in [0, 0.05) is 24.8 Å². The lowest BCUT2D eigenvalue weighted by Gasteiger charge is -2.40. The van der Waals surface area contributed by atoms with Gasteiger partial charge in [-0.15, -0.1) is 0 Å². The molecule has 118 valence electrons. The minimum atomic E-state index is -1.36. The molecular weight excluding hydrogens is 292 g/mol. The van der Waals surface area contributed by atoms with Gasteiger partial charge in [0.25, 0.3) is 0 Å². The minimum absolute atomic E-state index is 0.387. The van der Waals surface area contributed by atoms with Crippen molar-refractivity contribution in [2.24, 2.45) is 0 Å². The number of fused-ring (bicyclic) bond motifs is 1. The number of morpholine rings is 1. The molecule has 1 aliphatic heterocycles. The molecule has 4 rings (SSSR count). The molecule has 0 spiro atoms. The number of aromatic amines is 1. The first-order valence-corrected chi connectivity index (χ1v) is 7.70. The molecule has 1 unspecified atom stereocenters. The summed E-state index contributed by atoms with van der Waals surface area (Å²) in [6.07, 6.45) is 3.53. The SMILES string of the molecule is OC(c1ccccc1)(c1ncc2[nH]ccc2n1)N1CCOCC1. The molecule has 1 aromatic carbocycles. The van der Waals surface area contributed by atoms with Crippen LogP contribution in [0.4, 0.5) is 0 Å². The summed E-state index contributed by atoms with van der Waals surface area (Å²) < 4.78 is 5.43. The van der Waals surface area contributed by atoms with Gasteiger partial charge in [-0.05, 0) is 6.07 Å². The summed E-state index contributed by atoms with van der Waals surface area (Å²) in [5.74, 6) is 0.387. The van der Waals surface area contributed by atoms with Crippen LogP contribution >= 0.6 is 0 Å². The number of benzene rings is 1. The smallest absolute Gasteiger partial charge is 0.206 e. The van der Waals surface area contributed by atoms with E-state index in [1.54, 1.807) is 6.20 Å². The highest BCUT2D eigenvalue weighted by Crippen LogP contribution is 2.32. The number of aliphatic hydroxyl groups is 1. The van der Waals surface area contributed by atoms with E-state index in [0.29, 0.717) is 32.1 Å². The van der Waals surface area contributed by atoms with Crippen molar-refractivity contribution in [3.8, 4) is 0 Å². The summed E-state index contributed by atoms with van der Waals surface area (Å²) in [6, 6.07) is 11.4. The van der Waals surface area contributed by atoms with Gasteiger partial charge in [0.1, 0.15) is 0 Å². The molecule has 1 fully saturated rings. The maximum absolute atomic E-state index is 11.6. The molecule has 3 aromatic rings. The number of aromatic nitrogens is 3. The van der Waals surface area contributed by atoms with Gasteiger partial charge in [0.15, 0.2) is 5.82 Å². The van der Waals surface area contributed by atoms with E-state index in [1.807, 2.05) is 47.5 Å². The Balaban J connectivity index is 1.86. The third kappa shape index (κ3) is 2.41. The Kier molecular flexibility index (Phi) is 3.57. The predicted octanol–water partition coefficient (Wildman–Crippen LogP) is 1.48. The van der Waals surface area contributed by atoms with E-state index in [4.69, 9.17) is 4.74 Å². The van der Waals surface area contributed by atoms with E-state index < -0.39 is 5.72 Å². The summed E-state index contributed by atoms with van der Waals surface area (Å²) in [4.78, 5) is 14.1. The van der Waals surface area contributed by atoms with Crippen LogP contribution < -0.4 is 0 Å². The van der Waals surface area contributed by atoms with E-state index in [2.05, 4.69) is 15.0 Å². The Bertz CT molecular complexity index is 798. The van der Waals surface area contributed by atoms with E-state index in [0.717, 1.165) is 16.6 Å². The average Bonchev–Trinajstić information content (AvgIpc) is 3.10. The number of hydrogen-bond donors (Lipinski definition) is 2. The molecule has 23 heavy (non-hydrogen) atoms. The van der Waals surface area contributed by atoms with Gasteiger partial charge in [-0.2, -0.15) is 0 Å². The number of rotatable bonds is 3. The molecule has 2 aromatic heterocycles. The Hall–Kier alpha value is -2.28. The first-order valence-electron chi connectivity index (χ1n) is 7.70. The lowest BCUT2D eigenvalue weighted by Crippen LogP contribution is -2.53. The van der Waals surface area contributed by atoms with Crippen LogP contribution in [0.3, 0.4) is 0 Å². The van der Waals surface area contributed by atoms with Gasteiger partial charge in [-0.1, -0.05) is 30.3 Å². The van der Waals surface area contributed by atoms with Gasteiger partial charge in [-0.25, -0.2) is 9.97 Å². The standard InChI is InChI=1S/C17H18N4O2/c22-17(13-4-2-1-3-5-13,21-8-10-23-11-9-21)16-19-12-15-14(20-16)6-7-18-15/h1-7,12,18,22H,8-11H2. The Morgan fingerprint density at radius 3 is 2.70 bits per heavy atom. The lowest BCUT2D eigenvalue weighted by molar-refractivity contribution is -0.124. The van der Waals surface area contributed by atoms with Crippen LogP contribution in [0.2, 0.25) is 0 Å². The third-order valence-electron chi connectivity index (χ3n) is 4.26.